The zero-order valence-corrected chi connectivity index (χ0v) is 14.3. The van der Waals surface area contributed by atoms with E-state index in [1.807, 2.05) is 30.9 Å². The van der Waals surface area contributed by atoms with Gasteiger partial charge in [0, 0.05) is 23.2 Å². The second-order valence-electron chi connectivity index (χ2n) is 5.89. The number of nitrogens with zero attached hydrogens (tertiary/aromatic N) is 1. The Labute approximate surface area is 142 Å². The standard InChI is InChI=1S/C18H22ClNO3/c1-13-6-5-7-14(2)20(13)17(21)12-23-18(22)11-10-15-8-3-4-9-16(15)19/h3-4,8-11,13-14H,5-7,12H2,1-2H3/b11-10+/t13-,14-/m1/s1. The van der Waals surface area contributed by atoms with Gasteiger partial charge in [-0.3, -0.25) is 4.79 Å². The molecule has 1 aliphatic rings. The van der Waals surface area contributed by atoms with Crippen LogP contribution in [0.4, 0.5) is 0 Å². The van der Waals surface area contributed by atoms with Crippen molar-refractivity contribution < 1.29 is 14.3 Å². The maximum atomic E-state index is 12.3. The lowest BCUT2D eigenvalue weighted by Crippen LogP contribution is -2.49. The Bertz CT molecular complexity index is 590. The van der Waals surface area contributed by atoms with Gasteiger partial charge in [-0.15, -0.1) is 0 Å². The predicted molar refractivity (Wildman–Crippen MR) is 91.1 cm³/mol. The number of esters is 1. The van der Waals surface area contributed by atoms with Crippen molar-refractivity contribution in [3.8, 4) is 0 Å². The van der Waals surface area contributed by atoms with Crippen molar-refractivity contribution in [1.82, 2.24) is 4.90 Å². The highest BCUT2D eigenvalue weighted by Gasteiger charge is 2.29. The molecule has 1 aliphatic heterocycles. The van der Waals surface area contributed by atoms with Crippen LogP contribution < -0.4 is 0 Å². The van der Waals surface area contributed by atoms with Gasteiger partial charge in [-0.2, -0.15) is 0 Å². The van der Waals surface area contributed by atoms with E-state index in [1.165, 1.54) is 6.08 Å². The first-order chi connectivity index (χ1) is 11.0. The molecule has 1 aromatic carbocycles. The number of carbonyl (C=O) groups is 2. The minimum absolute atomic E-state index is 0.135. The van der Waals surface area contributed by atoms with Crippen LogP contribution in [-0.2, 0) is 14.3 Å². The Morgan fingerprint density at radius 2 is 1.91 bits per heavy atom. The van der Waals surface area contributed by atoms with E-state index in [1.54, 1.807) is 18.2 Å². The fraction of sp³-hybridized carbons (Fsp3) is 0.444. The lowest BCUT2D eigenvalue weighted by Gasteiger charge is -2.38. The highest BCUT2D eigenvalue weighted by atomic mass is 35.5. The average molecular weight is 336 g/mol. The smallest absolute Gasteiger partial charge is 0.331 e. The van der Waals surface area contributed by atoms with Gasteiger partial charge in [0.05, 0.1) is 0 Å². The van der Waals surface area contributed by atoms with E-state index in [0.717, 1.165) is 24.8 Å². The number of hydrogen-bond donors (Lipinski definition) is 0. The molecule has 23 heavy (non-hydrogen) atoms. The van der Waals surface area contributed by atoms with Crippen LogP contribution in [0.2, 0.25) is 5.02 Å². The van der Waals surface area contributed by atoms with E-state index in [9.17, 15) is 9.59 Å². The molecule has 1 saturated heterocycles. The number of halogens is 1. The van der Waals surface area contributed by atoms with Gasteiger partial charge in [0.15, 0.2) is 6.61 Å². The number of rotatable bonds is 4. The summed E-state index contributed by atoms with van der Waals surface area (Å²) in [6.07, 6.45) is 6.00. The summed E-state index contributed by atoms with van der Waals surface area (Å²) in [5.41, 5.74) is 0.732. The molecular weight excluding hydrogens is 314 g/mol. The lowest BCUT2D eigenvalue weighted by atomic mass is 9.97. The summed E-state index contributed by atoms with van der Waals surface area (Å²) < 4.78 is 5.06. The van der Waals surface area contributed by atoms with Gasteiger partial charge in [-0.05, 0) is 50.8 Å². The molecule has 0 bridgehead atoms. The molecule has 2 atom stereocenters. The molecule has 124 valence electrons. The molecule has 0 aromatic heterocycles. The molecule has 1 amide bonds. The van der Waals surface area contributed by atoms with Crippen molar-refractivity contribution in [3.05, 3.63) is 40.9 Å². The number of carbonyl (C=O) groups excluding carboxylic acids is 2. The SMILES string of the molecule is C[C@@H]1CCC[C@@H](C)N1C(=O)COC(=O)/C=C/c1ccccc1Cl. The zero-order valence-electron chi connectivity index (χ0n) is 13.5. The molecule has 5 heteroatoms. The maximum absolute atomic E-state index is 12.3. The van der Waals surface area contributed by atoms with Gasteiger partial charge in [0.2, 0.25) is 0 Å². The first kappa shape index (κ1) is 17.5. The van der Waals surface area contributed by atoms with Crippen molar-refractivity contribution >= 4 is 29.6 Å². The molecule has 0 saturated carbocycles. The summed E-state index contributed by atoms with van der Waals surface area (Å²) in [4.78, 5) is 25.8. The van der Waals surface area contributed by atoms with E-state index < -0.39 is 5.97 Å². The Hall–Kier alpha value is -1.81. The third-order valence-electron chi connectivity index (χ3n) is 4.12. The number of piperidine rings is 1. The molecule has 0 N–H and O–H groups in total. The monoisotopic (exact) mass is 335 g/mol. The van der Waals surface area contributed by atoms with E-state index >= 15 is 0 Å². The molecular formula is C18H22ClNO3. The van der Waals surface area contributed by atoms with E-state index in [-0.39, 0.29) is 24.6 Å². The van der Waals surface area contributed by atoms with Crippen LogP contribution in [0.25, 0.3) is 6.08 Å². The minimum atomic E-state index is -0.546. The third-order valence-corrected chi connectivity index (χ3v) is 4.47. The molecule has 1 fully saturated rings. The summed E-state index contributed by atoms with van der Waals surface area (Å²) in [7, 11) is 0. The van der Waals surface area contributed by atoms with Crippen LogP contribution in [-0.4, -0.2) is 35.5 Å². The minimum Gasteiger partial charge on any atom is -0.452 e. The van der Waals surface area contributed by atoms with Gasteiger partial charge < -0.3 is 9.64 Å². The summed E-state index contributed by atoms with van der Waals surface area (Å²) >= 11 is 6.00. The molecule has 0 spiro atoms. The van der Waals surface area contributed by atoms with Crippen molar-refractivity contribution in [1.29, 1.82) is 0 Å². The summed E-state index contributed by atoms with van der Waals surface area (Å²) in [6.45, 7) is 3.85. The highest BCUT2D eigenvalue weighted by Crippen LogP contribution is 2.22. The van der Waals surface area contributed by atoms with Crippen LogP contribution in [0.15, 0.2) is 30.3 Å². The maximum Gasteiger partial charge on any atom is 0.331 e. The largest absolute Gasteiger partial charge is 0.452 e. The van der Waals surface area contributed by atoms with Gasteiger partial charge in [-0.25, -0.2) is 4.79 Å². The number of likely N-dealkylation sites (tertiary alicyclic amines) is 1. The molecule has 0 radical (unpaired) electrons. The normalized spacial score (nSPS) is 21.4. The molecule has 1 aromatic rings. The van der Waals surface area contributed by atoms with E-state index in [4.69, 9.17) is 16.3 Å². The first-order valence-corrected chi connectivity index (χ1v) is 8.27. The quantitative estimate of drug-likeness (QED) is 0.622. The molecule has 1 heterocycles. The molecule has 0 unspecified atom stereocenters. The zero-order chi connectivity index (χ0) is 16.8. The molecule has 4 nitrogen and oxygen atoms in total. The summed E-state index contributed by atoms with van der Waals surface area (Å²) in [5, 5.41) is 0.559. The Balaban J connectivity index is 1.86. The molecule has 2 rings (SSSR count). The summed E-state index contributed by atoms with van der Waals surface area (Å²) in [6, 6.07) is 7.59. The Morgan fingerprint density at radius 1 is 1.26 bits per heavy atom. The third kappa shape index (κ3) is 4.83. The summed E-state index contributed by atoms with van der Waals surface area (Å²) in [5.74, 6) is -0.681. The van der Waals surface area contributed by atoms with Crippen LogP contribution >= 0.6 is 11.6 Å². The second kappa shape index (κ2) is 8.16. The number of benzene rings is 1. The van der Waals surface area contributed by atoms with E-state index in [0.29, 0.717) is 5.02 Å². The number of ether oxygens (including phenoxy) is 1. The Morgan fingerprint density at radius 3 is 2.57 bits per heavy atom. The van der Waals surface area contributed by atoms with E-state index in [2.05, 4.69) is 0 Å². The second-order valence-corrected chi connectivity index (χ2v) is 6.30. The number of hydrogen-bond acceptors (Lipinski definition) is 3. The van der Waals surface area contributed by atoms with Crippen LogP contribution in [0.5, 0.6) is 0 Å². The molecule has 0 aliphatic carbocycles. The van der Waals surface area contributed by atoms with Gasteiger partial charge >= 0.3 is 5.97 Å². The topological polar surface area (TPSA) is 46.6 Å². The number of amides is 1. The van der Waals surface area contributed by atoms with Gasteiger partial charge in [0.1, 0.15) is 0 Å². The van der Waals surface area contributed by atoms with Gasteiger partial charge in [0.25, 0.3) is 5.91 Å². The van der Waals surface area contributed by atoms with Crippen LogP contribution in [0.1, 0.15) is 38.7 Å². The van der Waals surface area contributed by atoms with Gasteiger partial charge in [-0.1, -0.05) is 29.8 Å². The average Bonchev–Trinajstić information content (AvgIpc) is 2.52. The lowest BCUT2D eigenvalue weighted by molar-refractivity contribution is -0.151. The van der Waals surface area contributed by atoms with Crippen molar-refractivity contribution in [2.75, 3.05) is 6.61 Å². The fourth-order valence-corrected chi connectivity index (χ4v) is 3.14. The van der Waals surface area contributed by atoms with Crippen LogP contribution in [0.3, 0.4) is 0 Å². The first-order valence-electron chi connectivity index (χ1n) is 7.89. The van der Waals surface area contributed by atoms with Crippen molar-refractivity contribution in [3.63, 3.8) is 0 Å². The Kier molecular flexibility index (Phi) is 6.22. The van der Waals surface area contributed by atoms with Crippen molar-refractivity contribution in [2.45, 2.75) is 45.2 Å². The van der Waals surface area contributed by atoms with Crippen molar-refractivity contribution in [2.24, 2.45) is 0 Å². The highest BCUT2D eigenvalue weighted by molar-refractivity contribution is 6.32. The predicted octanol–water partition coefficient (Wildman–Crippen LogP) is 3.69. The fourth-order valence-electron chi connectivity index (χ4n) is 2.94. The van der Waals surface area contributed by atoms with Crippen LogP contribution in [0, 0.1) is 0 Å².